The summed E-state index contributed by atoms with van der Waals surface area (Å²) < 4.78 is 10.8. The standard InChI is InChI=1S/C24H31NO4/c1-15-12-13-25(21-7-5-4-6-18(15)21)23(26)11-10-20-16(2)19-9-8-17(28-3)14-22(19)29-24(20)27/h8-9,14-15,18,21H,4-7,10-13H2,1-3H3. The number of carbonyl (C=O) groups is 1. The van der Waals surface area contributed by atoms with E-state index in [4.69, 9.17) is 9.15 Å². The van der Waals surface area contributed by atoms with Gasteiger partial charge in [0.1, 0.15) is 11.3 Å². The molecule has 29 heavy (non-hydrogen) atoms. The Hall–Kier alpha value is -2.30. The summed E-state index contributed by atoms with van der Waals surface area (Å²) in [6, 6.07) is 5.90. The first-order valence-electron chi connectivity index (χ1n) is 10.9. The zero-order chi connectivity index (χ0) is 20.5. The van der Waals surface area contributed by atoms with Crippen LogP contribution < -0.4 is 10.4 Å². The zero-order valence-corrected chi connectivity index (χ0v) is 17.7. The highest BCUT2D eigenvalue weighted by Gasteiger charge is 2.39. The van der Waals surface area contributed by atoms with Crippen LogP contribution in [-0.4, -0.2) is 30.5 Å². The van der Waals surface area contributed by atoms with Crippen LogP contribution in [0.2, 0.25) is 0 Å². The van der Waals surface area contributed by atoms with E-state index in [9.17, 15) is 9.59 Å². The summed E-state index contributed by atoms with van der Waals surface area (Å²) in [5.41, 5.74) is 1.69. The molecule has 3 unspecified atom stereocenters. The highest BCUT2D eigenvalue weighted by molar-refractivity contribution is 5.83. The molecule has 156 valence electrons. The van der Waals surface area contributed by atoms with Gasteiger partial charge in [0.15, 0.2) is 0 Å². The number of nitrogens with zero attached hydrogens (tertiary/aromatic N) is 1. The molecular formula is C24H31NO4. The maximum absolute atomic E-state index is 13.1. The molecule has 2 aliphatic rings. The van der Waals surface area contributed by atoms with Gasteiger partial charge in [-0.1, -0.05) is 19.8 Å². The molecule has 1 aliphatic heterocycles. The van der Waals surface area contributed by atoms with Crippen LogP contribution in [0.15, 0.2) is 27.4 Å². The van der Waals surface area contributed by atoms with Crippen molar-refractivity contribution in [3.05, 3.63) is 39.7 Å². The number of benzene rings is 1. The molecule has 0 N–H and O–H groups in total. The van der Waals surface area contributed by atoms with Gasteiger partial charge in [-0.15, -0.1) is 0 Å². The second-order valence-corrected chi connectivity index (χ2v) is 8.72. The molecule has 1 aromatic heterocycles. The lowest BCUT2D eigenvalue weighted by molar-refractivity contribution is -0.139. The van der Waals surface area contributed by atoms with Gasteiger partial charge in [0.2, 0.25) is 5.91 Å². The van der Waals surface area contributed by atoms with Crippen LogP contribution in [0.1, 0.15) is 56.6 Å². The Kier molecular flexibility index (Phi) is 5.66. The van der Waals surface area contributed by atoms with E-state index in [1.807, 2.05) is 19.1 Å². The van der Waals surface area contributed by atoms with Gasteiger partial charge in [-0.2, -0.15) is 0 Å². The van der Waals surface area contributed by atoms with Crippen molar-refractivity contribution in [2.45, 2.75) is 64.8 Å². The van der Waals surface area contributed by atoms with Crippen molar-refractivity contribution in [2.24, 2.45) is 11.8 Å². The molecule has 5 nitrogen and oxygen atoms in total. The topological polar surface area (TPSA) is 59.8 Å². The Bertz CT molecular complexity index is 963. The molecule has 0 spiro atoms. The number of hydrogen-bond donors (Lipinski definition) is 0. The Morgan fingerprint density at radius 2 is 2.03 bits per heavy atom. The second kappa shape index (κ2) is 8.21. The summed E-state index contributed by atoms with van der Waals surface area (Å²) in [7, 11) is 1.59. The molecule has 2 fully saturated rings. The molecule has 2 aromatic rings. The molecule has 1 saturated heterocycles. The highest BCUT2D eigenvalue weighted by atomic mass is 16.5. The molecule has 0 radical (unpaired) electrons. The fraction of sp³-hybridized carbons (Fsp3) is 0.583. The largest absolute Gasteiger partial charge is 0.497 e. The fourth-order valence-electron chi connectivity index (χ4n) is 5.39. The first-order chi connectivity index (χ1) is 14.0. The van der Waals surface area contributed by atoms with Crippen molar-refractivity contribution in [1.82, 2.24) is 4.90 Å². The number of piperidine rings is 1. The van der Waals surface area contributed by atoms with E-state index in [1.54, 1.807) is 13.2 Å². The van der Waals surface area contributed by atoms with Crippen LogP contribution >= 0.6 is 0 Å². The number of amides is 1. The Morgan fingerprint density at radius 1 is 1.24 bits per heavy atom. The molecule has 1 amide bonds. The zero-order valence-electron chi connectivity index (χ0n) is 17.7. The molecule has 1 aromatic carbocycles. The average Bonchev–Trinajstić information content (AvgIpc) is 2.73. The summed E-state index contributed by atoms with van der Waals surface area (Å²) in [4.78, 5) is 27.8. The van der Waals surface area contributed by atoms with Gasteiger partial charge in [0.05, 0.1) is 7.11 Å². The van der Waals surface area contributed by atoms with Crippen molar-refractivity contribution < 1.29 is 13.9 Å². The van der Waals surface area contributed by atoms with Gasteiger partial charge in [-0.25, -0.2) is 4.79 Å². The van der Waals surface area contributed by atoms with Crippen LogP contribution in [0.25, 0.3) is 11.0 Å². The van der Waals surface area contributed by atoms with Crippen LogP contribution in [0.5, 0.6) is 5.75 Å². The van der Waals surface area contributed by atoms with E-state index in [0.29, 0.717) is 47.6 Å². The molecular weight excluding hydrogens is 366 g/mol. The van der Waals surface area contributed by atoms with E-state index < -0.39 is 0 Å². The van der Waals surface area contributed by atoms with Crippen molar-refractivity contribution >= 4 is 16.9 Å². The average molecular weight is 398 g/mol. The highest BCUT2D eigenvalue weighted by Crippen LogP contribution is 2.39. The normalized spacial score (nSPS) is 24.4. The SMILES string of the molecule is COc1ccc2c(C)c(CCC(=O)N3CCC(C)C4CCCCC43)c(=O)oc2c1. The van der Waals surface area contributed by atoms with Gasteiger partial charge in [0, 0.05) is 36.0 Å². The van der Waals surface area contributed by atoms with Crippen molar-refractivity contribution in [3.8, 4) is 5.75 Å². The number of rotatable bonds is 4. The lowest BCUT2D eigenvalue weighted by atomic mass is 9.72. The minimum Gasteiger partial charge on any atom is -0.497 e. The number of fused-ring (bicyclic) bond motifs is 2. The Morgan fingerprint density at radius 3 is 2.83 bits per heavy atom. The number of carbonyl (C=O) groups excluding carboxylic acids is 1. The number of methoxy groups -OCH3 is 1. The Labute approximate surface area is 172 Å². The first kappa shape index (κ1) is 20.0. The first-order valence-corrected chi connectivity index (χ1v) is 10.9. The van der Waals surface area contributed by atoms with Crippen molar-refractivity contribution in [3.63, 3.8) is 0 Å². The fourth-order valence-corrected chi connectivity index (χ4v) is 5.39. The van der Waals surface area contributed by atoms with E-state index in [1.165, 1.54) is 19.3 Å². The molecule has 4 rings (SSSR count). The van der Waals surface area contributed by atoms with Gasteiger partial charge >= 0.3 is 5.63 Å². The summed E-state index contributed by atoms with van der Waals surface area (Å²) >= 11 is 0. The number of hydrogen-bond acceptors (Lipinski definition) is 4. The number of aryl methyl sites for hydroxylation is 1. The third kappa shape index (κ3) is 3.79. The summed E-state index contributed by atoms with van der Waals surface area (Å²) in [6.07, 6.45) is 6.76. The van der Waals surface area contributed by atoms with Crippen LogP contribution in [0.3, 0.4) is 0 Å². The molecule has 1 aliphatic carbocycles. The van der Waals surface area contributed by atoms with Crippen molar-refractivity contribution in [1.29, 1.82) is 0 Å². The lowest BCUT2D eigenvalue weighted by Gasteiger charge is -2.47. The third-order valence-electron chi connectivity index (χ3n) is 7.14. The predicted molar refractivity (Wildman–Crippen MR) is 113 cm³/mol. The van der Waals surface area contributed by atoms with Gasteiger partial charge in [-0.05, 0) is 62.1 Å². The van der Waals surface area contributed by atoms with Crippen LogP contribution in [-0.2, 0) is 11.2 Å². The smallest absolute Gasteiger partial charge is 0.339 e. The molecule has 3 atom stereocenters. The van der Waals surface area contributed by atoms with E-state index in [0.717, 1.165) is 30.3 Å². The lowest BCUT2D eigenvalue weighted by Crippen LogP contribution is -2.52. The molecule has 5 heteroatoms. The van der Waals surface area contributed by atoms with Gasteiger partial charge < -0.3 is 14.1 Å². The predicted octanol–water partition coefficient (Wildman–Crippen LogP) is 4.47. The summed E-state index contributed by atoms with van der Waals surface area (Å²) in [5, 5.41) is 0.895. The maximum Gasteiger partial charge on any atom is 0.339 e. The molecule has 1 saturated carbocycles. The Balaban J connectivity index is 1.52. The second-order valence-electron chi connectivity index (χ2n) is 8.72. The number of likely N-dealkylation sites (tertiary alicyclic amines) is 1. The molecule has 2 heterocycles. The van der Waals surface area contributed by atoms with E-state index in [2.05, 4.69) is 11.8 Å². The molecule has 0 bridgehead atoms. The monoisotopic (exact) mass is 397 g/mol. The number of ether oxygens (including phenoxy) is 1. The summed E-state index contributed by atoms with van der Waals surface area (Å²) in [6.45, 7) is 5.13. The van der Waals surface area contributed by atoms with Gasteiger partial charge in [0.25, 0.3) is 0 Å². The quantitative estimate of drug-likeness (QED) is 0.714. The van der Waals surface area contributed by atoms with Crippen molar-refractivity contribution in [2.75, 3.05) is 13.7 Å². The van der Waals surface area contributed by atoms with Crippen LogP contribution in [0, 0.1) is 18.8 Å². The maximum atomic E-state index is 13.1. The summed E-state index contributed by atoms with van der Waals surface area (Å²) in [5.74, 6) is 2.19. The van der Waals surface area contributed by atoms with E-state index in [-0.39, 0.29) is 11.5 Å². The third-order valence-corrected chi connectivity index (χ3v) is 7.14. The minimum absolute atomic E-state index is 0.183. The van der Waals surface area contributed by atoms with E-state index >= 15 is 0 Å². The van der Waals surface area contributed by atoms with Gasteiger partial charge in [-0.3, -0.25) is 4.79 Å². The minimum atomic E-state index is -0.348. The van der Waals surface area contributed by atoms with Crippen LogP contribution in [0.4, 0.5) is 0 Å².